The highest BCUT2D eigenvalue weighted by Crippen LogP contribution is 2.28. The molecular weight excluding hydrogens is 368 g/mol. The Morgan fingerprint density at radius 2 is 2.16 bits per heavy atom. The van der Waals surface area contributed by atoms with Crippen molar-refractivity contribution < 1.29 is 18.3 Å². The summed E-state index contributed by atoms with van der Waals surface area (Å²) in [4.78, 5) is 12.5. The van der Waals surface area contributed by atoms with Crippen molar-refractivity contribution in [1.29, 1.82) is 0 Å². The summed E-state index contributed by atoms with van der Waals surface area (Å²) in [5.41, 5.74) is 1.97. The van der Waals surface area contributed by atoms with Crippen LogP contribution < -0.4 is 10.6 Å². The summed E-state index contributed by atoms with van der Waals surface area (Å²) in [6.07, 6.45) is 0.755. The van der Waals surface area contributed by atoms with Crippen molar-refractivity contribution in [2.24, 2.45) is 0 Å². The van der Waals surface area contributed by atoms with E-state index in [0.29, 0.717) is 6.54 Å². The number of amides is 1. The fourth-order valence-electron chi connectivity index (χ4n) is 2.57. The molecule has 0 saturated heterocycles. The molecule has 3 rings (SSSR count). The summed E-state index contributed by atoms with van der Waals surface area (Å²) in [5.74, 6) is -0.776. The number of anilines is 1. The lowest BCUT2D eigenvalue weighted by Crippen LogP contribution is -2.25. The molecule has 0 spiro atoms. The molecule has 0 fully saturated rings. The van der Waals surface area contributed by atoms with Crippen molar-refractivity contribution in [2.45, 2.75) is 24.8 Å². The molecule has 136 valence electrons. The van der Waals surface area contributed by atoms with Gasteiger partial charge in [-0.05, 0) is 18.2 Å². The number of carbonyl (C=O) groups excluding carboxylic acids is 1. The Morgan fingerprint density at radius 3 is 2.88 bits per heavy atom. The first-order valence-electron chi connectivity index (χ1n) is 7.56. The molecule has 1 aliphatic rings. The zero-order chi connectivity index (χ0) is 17.3. The zero-order valence-corrected chi connectivity index (χ0v) is 15.1. The minimum atomic E-state index is -3.44. The third-order valence-electron chi connectivity index (χ3n) is 3.98. The van der Waals surface area contributed by atoms with Crippen LogP contribution in [0.4, 0.5) is 5.69 Å². The predicted octanol–water partition coefficient (Wildman–Crippen LogP) is 1.23. The van der Waals surface area contributed by atoms with Crippen LogP contribution in [0, 0.1) is 0 Å². The molecule has 0 bridgehead atoms. The van der Waals surface area contributed by atoms with E-state index in [1.54, 1.807) is 0 Å². The monoisotopic (exact) mass is 386 g/mol. The summed E-state index contributed by atoms with van der Waals surface area (Å²) in [6, 6.07) is 3.81. The summed E-state index contributed by atoms with van der Waals surface area (Å²) in [6.45, 7) is 2.88. The highest BCUT2D eigenvalue weighted by molar-refractivity contribution is 7.91. The van der Waals surface area contributed by atoms with Crippen LogP contribution in [-0.2, 0) is 22.8 Å². The molecule has 0 aliphatic carbocycles. The van der Waals surface area contributed by atoms with E-state index in [4.69, 9.17) is 0 Å². The van der Waals surface area contributed by atoms with Gasteiger partial charge in [0.15, 0.2) is 15.5 Å². The highest BCUT2D eigenvalue weighted by Gasteiger charge is 2.23. The van der Waals surface area contributed by atoms with Crippen molar-refractivity contribution in [3.63, 3.8) is 0 Å². The maximum absolute atomic E-state index is 12.4. The minimum Gasteiger partial charge on any atom is -0.506 e. The predicted molar refractivity (Wildman–Crippen MR) is 95.0 cm³/mol. The molecule has 1 aromatic carbocycles. The van der Waals surface area contributed by atoms with Crippen molar-refractivity contribution in [2.75, 3.05) is 17.6 Å². The fraction of sp³-hybridized carbons (Fsp3) is 0.333. The van der Waals surface area contributed by atoms with Crippen molar-refractivity contribution in [1.82, 2.24) is 15.5 Å². The van der Waals surface area contributed by atoms with Crippen molar-refractivity contribution in [3.05, 3.63) is 35.2 Å². The van der Waals surface area contributed by atoms with Gasteiger partial charge >= 0.3 is 0 Å². The lowest BCUT2D eigenvalue weighted by molar-refractivity contribution is 0.102. The number of aromatic amines is 1. The van der Waals surface area contributed by atoms with Gasteiger partial charge in [0.1, 0.15) is 5.75 Å². The van der Waals surface area contributed by atoms with Crippen LogP contribution in [0.1, 0.15) is 28.7 Å². The third kappa shape index (κ3) is 3.78. The molecule has 0 unspecified atom stereocenters. The Bertz CT molecular complexity index is 895. The van der Waals surface area contributed by atoms with Gasteiger partial charge in [-0.2, -0.15) is 5.10 Å². The minimum absolute atomic E-state index is 0. The van der Waals surface area contributed by atoms with Crippen molar-refractivity contribution in [3.8, 4) is 5.75 Å². The smallest absolute Gasteiger partial charge is 0.276 e. The quantitative estimate of drug-likeness (QED) is 0.586. The molecule has 0 radical (unpaired) electrons. The third-order valence-corrected chi connectivity index (χ3v) is 5.71. The fourth-order valence-corrected chi connectivity index (χ4v) is 3.48. The number of aromatic nitrogens is 2. The summed E-state index contributed by atoms with van der Waals surface area (Å²) < 4.78 is 23.9. The number of carbonyl (C=O) groups is 1. The first kappa shape index (κ1) is 19.2. The summed E-state index contributed by atoms with van der Waals surface area (Å²) in [7, 11) is -3.44. The van der Waals surface area contributed by atoms with Gasteiger partial charge in [0.2, 0.25) is 0 Å². The Labute approximate surface area is 151 Å². The van der Waals surface area contributed by atoms with Gasteiger partial charge in [-0.25, -0.2) is 8.42 Å². The van der Waals surface area contributed by atoms with E-state index < -0.39 is 15.7 Å². The van der Waals surface area contributed by atoms with Gasteiger partial charge in [0.25, 0.3) is 5.91 Å². The Balaban J connectivity index is 0.00000225. The van der Waals surface area contributed by atoms with Crippen LogP contribution >= 0.6 is 12.4 Å². The van der Waals surface area contributed by atoms with Gasteiger partial charge in [-0.15, -0.1) is 12.4 Å². The topological polar surface area (TPSA) is 124 Å². The van der Waals surface area contributed by atoms with Gasteiger partial charge in [0, 0.05) is 30.8 Å². The van der Waals surface area contributed by atoms with Crippen LogP contribution in [0.5, 0.6) is 5.75 Å². The van der Waals surface area contributed by atoms with Crippen LogP contribution in [0.2, 0.25) is 0 Å². The number of hydrogen-bond donors (Lipinski definition) is 4. The second-order valence-electron chi connectivity index (χ2n) is 5.49. The number of halogens is 1. The van der Waals surface area contributed by atoms with Crippen LogP contribution in [-0.4, -0.2) is 41.9 Å². The standard InChI is InChI=1S/C15H18N4O4S.ClH/c1-2-24(22,23)9-3-4-13(20)12(7-9)17-15(21)14-10-8-16-6-5-11(10)18-19-14;/h3-4,7,16,20H,2,5-6,8H2,1H3,(H,17,21)(H,18,19);1H. The summed E-state index contributed by atoms with van der Waals surface area (Å²) >= 11 is 0. The Morgan fingerprint density at radius 1 is 1.40 bits per heavy atom. The normalized spacial score (nSPS) is 13.6. The molecule has 4 N–H and O–H groups in total. The number of phenols is 1. The number of sulfone groups is 1. The lowest BCUT2D eigenvalue weighted by atomic mass is 10.1. The van der Waals surface area contributed by atoms with E-state index in [0.717, 1.165) is 24.2 Å². The summed E-state index contributed by atoms with van der Waals surface area (Å²) in [5, 5.41) is 22.5. The van der Waals surface area contributed by atoms with Crippen LogP contribution in [0.15, 0.2) is 23.1 Å². The Kier molecular flexibility index (Phi) is 5.71. The molecule has 0 atom stereocenters. The zero-order valence-electron chi connectivity index (χ0n) is 13.5. The van der Waals surface area contributed by atoms with Crippen molar-refractivity contribution >= 4 is 33.8 Å². The van der Waals surface area contributed by atoms with E-state index in [1.165, 1.54) is 25.1 Å². The molecule has 0 saturated carbocycles. The molecule has 25 heavy (non-hydrogen) atoms. The maximum Gasteiger partial charge on any atom is 0.276 e. The maximum atomic E-state index is 12.4. The number of fused-ring (bicyclic) bond motifs is 1. The molecule has 8 nitrogen and oxygen atoms in total. The molecule has 2 heterocycles. The lowest BCUT2D eigenvalue weighted by Gasteiger charge is -2.13. The van der Waals surface area contributed by atoms with E-state index >= 15 is 0 Å². The largest absolute Gasteiger partial charge is 0.506 e. The SMILES string of the molecule is CCS(=O)(=O)c1ccc(O)c(NC(=O)c2n[nH]c3c2CNCC3)c1.Cl. The van der Waals surface area contributed by atoms with Gasteiger partial charge < -0.3 is 15.7 Å². The number of nitrogens with zero attached hydrogens (tertiary/aromatic N) is 1. The highest BCUT2D eigenvalue weighted by atomic mass is 35.5. The molecular formula is C15H19ClN4O4S. The number of nitrogens with one attached hydrogen (secondary N) is 3. The first-order valence-corrected chi connectivity index (χ1v) is 9.21. The first-order chi connectivity index (χ1) is 11.4. The van der Waals surface area contributed by atoms with Gasteiger partial charge in [-0.1, -0.05) is 6.92 Å². The molecule has 10 heteroatoms. The second kappa shape index (κ2) is 7.42. The van der Waals surface area contributed by atoms with E-state index in [9.17, 15) is 18.3 Å². The van der Waals surface area contributed by atoms with Gasteiger partial charge in [0.05, 0.1) is 16.3 Å². The molecule has 2 aromatic rings. The average molecular weight is 387 g/mol. The number of rotatable bonds is 4. The van der Waals surface area contributed by atoms with E-state index in [1.807, 2.05) is 0 Å². The number of hydrogen-bond acceptors (Lipinski definition) is 6. The van der Waals surface area contributed by atoms with Gasteiger partial charge in [-0.3, -0.25) is 9.89 Å². The van der Waals surface area contributed by atoms with Crippen LogP contribution in [0.25, 0.3) is 0 Å². The Hall–Kier alpha value is -2.10. The number of benzene rings is 1. The van der Waals surface area contributed by atoms with Crippen LogP contribution in [0.3, 0.4) is 0 Å². The number of phenolic OH excluding ortho intramolecular Hbond substituents is 1. The number of aromatic hydroxyl groups is 1. The van der Waals surface area contributed by atoms with E-state index in [-0.39, 0.29) is 40.2 Å². The average Bonchev–Trinajstić information content (AvgIpc) is 3.00. The van der Waals surface area contributed by atoms with E-state index in [2.05, 4.69) is 20.8 Å². The number of H-pyrrole nitrogens is 1. The molecule has 1 aromatic heterocycles. The second-order valence-corrected chi connectivity index (χ2v) is 7.77. The molecule has 1 amide bonds. The molecule has 1 aliphatic heterocycles.